The molecule has 1 aromatic heterocycles. The lowest BCUT2D eigenvalue weighted by Gasteiger charge is -2.04. The molecule has 142 valence electrons. The van der Waals surface area contributed by atoms with Gasteiger partial charge in [0.15, 0.2) is 4.80 Å². The van der Waals surface area contributed by atoms with Crippen molar-refractivity contribution in [1.82, 2.24) is 4.57 Å². The number of esters is 1. The molecule has 0 aliphatic heterocycles. The monoisotopic (exact) mass is 392 g/mol. The number of thiazole rings is 1. The fourth-order valence-corrected chi connectivity index (χ4v) is 4.09. The van der Waals surface area contributed by atoms with Crippen LogP contribution in [0.15, 0.2) is 41.4 Å². The minimum Gasteiger partial charge on any atom is -0.465 e. The van der Waals surface area contributed by atoms with Crippen LogP contribution in [0.4, 0.5) is 0 Å². The first-order valence-electron chi connectivity index (χ1n) is 8.71. The number of hydrogen-bond acceptors (Lipinski definition) is 4. The topological polar surface area (TPSA) is 60.7 Å². The van der Waals surface area contributed by atoms with Crippen molar-refractivity contribution in [2.45, 2.75) is 26.8 Å². The van der Waals surface area contributed by atoms with Crippen molar-refractivity contribution in [1.29, 1.82) is 0 Å². The Morgan fingerprint density at radius 3 is 2.68 bits per heavy atom. The molecule has 28 heavy (non-hydrogen) atoms. The second kappa shape index (κ2) is 8.24. The highest BCUT2D eigenvalue weighted by Crippen LogP contribution is 2.20. The van der Waals surface area contributed by atoms with E-state index in [-0.39, 0.29) is 18.9 Å². The smallest absolute Gasteiger partial charge is 0.337 e. The average molecular weight is 392 g/mol. The predicted octanol–water partition coefficient (Wildman–Crippen LogP) is 3.41. The van der Waals surface area contributed by atoms with Crippen LogP contribution >= 0.6 is 11.3 Å². The molecule has 0 aliphatic rings. The lowest BCUT2D eigenvalue weighted by atomic mass is 10.0. The van der Waals surface area contributed by atoms with E-state index in [4.69, 9.17) is 11.2 Å². The maximum atomic E-state index is 12.6. The molecule has 0 radical (unpaired) electrons. The van der Waals surface area contributed by atoms with Crippen molar-refractivity contribution < 1.29 is 14.3 Å². The molecule has 0 spiro atoms. The molecule has 1 amide bonds. The maximum absolute atomic E-state index is 12.6. The molecule has 0 unspecified atom stereocenters. The molecule has 5 nitrogen and oxygen atoms in total. The third kappa shape index (κ3) is 4.05. The van der Waals surface area contributed by atoms with Gasteiger partial charge in [-0.2, -0.15) is 4.99 Å². The highest BCUT2D eigenvalue weighted by molar-refractivity contribution is 7.16. The van der Waals surface area contributed by atoms with Crippen LogP contribution in [0.5, 0.6) is 0 Å². The highest BCUT2D eigenvalue weighted by atomic mass is 32.1. The summed E-state index contributed by atoms with van der Waals surface area (Å²) in [5.41, 5.74) is 4.45. The summed E-state index contributed by atoms with van der Waals surface area (Å²) in [7, 11) is 1.34. The third-order valence-electron chi connectivity index (χ3n) is 4.41. The Morgan fingerprint density at radius 2 is 2.00 bits per heavy atom. The van der Waals surface area contributed by atoms with Crippen molar-refractivity contribution in [3.8, 4) is 12.3 Å². The zero-order chi connectivity index (χ0) is 20.3. The van der Waals surface area contributed by atoms with Gasteiger partial charge in [-0.05, 0) is 43.2 Å². The number of terminal acetylenes is 1. The lowest BCUT2D eigenvalue weighted by Crippen LogP contribution is -2.17. The summed E-state index contributed by atoms with van der Waals surface area (Å²) in [6.07, 6.45) is 5.73. The van der Waals surface area contributed by atoms with Crippen LogP contribution in [0.1, 0.15) is 27.0 Å². The van der Waals surface area contributed by atoms with Crippen LogP contribution in [0.3, 0.4) is 0 Å². The Hall–Kier alpha value is -3.17. The molecule has 0 fully saturated rings. The number of ether oxygens (including phenoxy) is 1. The summed E-state index contributed by atoms with van der Waals surface area (Å²) in [6, 6.07) is 11.2. The summed E-state index contributed by atoms with van der Waals surface area (Å²) in [6.45, 7) is 4.29. The van der Waals surface area contributed by atoms with Gasteiger partial charge in [0.25, 0.3) is 5.91 Å². The molecule has 0 saturated carbocycles. The number of methoxy groups -OCH3 is 1. The molecular formula is C22H20N2O3S. The first-order chi connectivity index (χ1) is 13.4. The Labute approximate surface area is 167 Å². The van der Waals surface area contributed by atoms with E-state index >= 15 is 0 Å². The Kier molecular flexibility index (Phi) is 5.76. The van der Waals surface area contributed by atoms with Crippen molar-refractivity contribution in [3.63, 3.8) is 0 Å². The number of carbonyl (C=O) groups excluding carboxylic acids is 2. The van der Waals surface area contributed by atoms with Gasteiger partial charge in [-0.3, -0.25) is 4.79 Å². The molecule has 0 atom stereocenters. The standard InChI is InChI=1S/C22H20N2O3S/c1-5-10-24-18-9-8-17(21(26)27-4)12-19(18)28-22(24)23-20(25)13-16-7-6-14(2)11-15(16)3/h1,6-9,11-12H,10,13H2,2-4H3. The second-order valence-electron chi connectivity index (χ2n) is 6.46. The molecule has 0 N–H and O–H groups in total. The largest absolute Gasteiger partial charge is 0.465 e. The summed E-state index contributed by atoms with van der Waals surface area (Å²) in [4.78, 5) is 29.2. The molecule has 1 heterocycles. The van der Waals surface area contributed by atoms with E-state index in [9.17, 15) is 9.59 Å². The summed E-state index contributed by atoms with van der Waals surface area (Å²) >= 11 is 1.32. The van der Waals surface area contributed by atoms with Crippen LogP contribution in [-0.4, -0.2) is 23.6 Å². The molecule has 0 aliphatic carbocycles. The number of nitrogens with zero attached hydrogens (tertiary/aromatic N) is 2. The summed E-state index contributed by atoms with van der Waals surface area (Å²) < 4.78 is 7.39. The van der Waals surface area contributed by atoms with Crippen LogP contribution < -0.4 is 4.80 Å². The molecular weight excluding hydrogens is 372 g/mol. The van der Waals surface area contributed by atoms with E-state index in [1.54, 1.807) is 22.8 Å². The first-order valence-corrected chi connectivity index (χ1v) is 9.53. The van der Waals surface area contributed by atoms with Gasteiger partial charge in [-0.1, -0.05) is 41.0 Å². The van der Waals surface area contributed by atoms with Crippen LogP contribution in [0, 0.1) is 26.2 Å². The van der Waals surface area contributed by atoms with E-state index in [1.807, 2.05) is 26.0 Å². The Morgan fingerprint density at radius 1 is 1.21 bits per heavy atom. The fourth-order valence-electron chi connectivity index (χ4n) is 3.00. The quantitative estimate of drug-likeness (QED) is 0.505. The Bertz CT molecular complexity index is 1180. The zero-order valence-corrected chi connectivity index (χ0v) is 16.8. The van der Waals surface area contributed by atoms with E-state index in [2.05, 4.69) is 17.0 Å². The third-order valence-corrected chi connectivity index (χ3v) is 5.45. The minimum absolute atomic E-state index is 0.226. The van der Waals surface area contributed by atoms with Crippen LogP contribution in [0.25, 0.3) is 10.2 Å². The van der Waals surface area contributed by atoms with Gasteiger partial charge in [0, 0.05) is 0 Å². The molecule has 6 heteroatoms. The van der Waals surface area contributed by atoms with Gasteiger partial charge in [0.05, 0.1) is 35.9 Å². The normalized spacial score (nSPS) is 11.4. The summed E-state index contributed by atoms with van der Waals surface area (Å²) in [5.74, 6) is 1.94. The van der Waals surface area contributed by atoms with Gasteiger partial charge >= 0.3 is 5.97 Å². The SMILES string of the molecule is C#CCn1c(=NC(=O)Cc2ccc(C)cc2C)sc2cc(C(=O)OC)ccc21. The molecule has 0 bridgehead atoms. The Balaban J connectivity index is 2.02. The predicted molar refractivity (Wildman–Crippen MR) is 110 cm³/mol. The molecule has 3 aromatic rings. The number of benzene rings is 2. The number of hydrogen-bond donors (Lipinski definition) is 0. The van der Waals surface area contributed by atoms with E-state index < -0.39 is 5.97 Å². The van der Waals surface area contributed by atoms with Crippen LogP contribution in [-0.2, 0) is 22.5 Å². The number of aromatic nitrogens is 1. The highest BCUT2D eigenvalue weighted by Gasteiger charge is 2.12. The summed E-state index contributed by atoms with van der Waals surface area (Å²) in [5, 5.41) is 0. The van der Waals surface area contributed by atoms with Crippen molar-refractivity contribution in [3.05, 3.63) is 63.5 Å². The van der Waals surface area contributed by atoms with Gasteiger partial charge in [0.1, 0.15) is 0 Å². The molecule has 2 aromatic carbocycles. The van der Waals surface area contributed by atoms with Crippen LogP contribution in [0.2, 0.25) is 0 Å². The average Bonchev–Trinajstić information content (AvgIpc) is 3.00. The minimum atomic E-state index is -0.414. The van der Waals surface area contributed by atoms with Gasteiger partial charge < -0.3 is 9.30 Å². The van der Waals surface area contributed by atoms with Crippen molar-refractivity contribution in [2.24, 2.45) is 4.99 Å². The van der Waals surface area contributed by atoms with Gasteiger partial charge in [0.2, 0.25) is 0 Å². The lowest BCUT2D eigenvalue weighted by molar-refractivity contribution is -0.117. The molecule has 0 saturated heterocycles. The van der Waals surface area contributed by atoms with Gasteiger partial charge in [-0.25, -0.2) is 4.79 Å². The zero-order valence-electron chi connectivity index (χ0n) is 16.0. The number of aryl methyl sites for hydroxylation is 2. The number of amides is 1. The van der Waals surface area contributed by atoms with Crippen molar-refractivity contribution >= 4 is 33.4 Å². The number of rotatable bonds is 4. The maximum Gasteiger partial charge on any atom is 0.337 e. The fraction of sp³-hybridized carbons (Fsp3) is 0.227. The van der Waals surface area contributed by atoms with E-state index in [1.165, 1.54) is 18.4 Å². The number of carbonyl (C=O) groups is 2. The van der Waals surface area contributed by atoms with E-state index in [0.29, 0.717) is 10.4 Å². The van der Waals surface area contributed by atoms with E-state index in [0.717, 1.165) is 26.9 Å². The van der Waals surface area contributed by atoms with Gasteiger partial charge in [-0.15, -0.1) is 6.42 Å². The first kappa shape index (κ1) is 19.6. The number of fused-ring (bicyclic) bond motifs is 1. The second-order valence-corrected chi connectivity index (χ2v) is 7.47. The molecule has 3 rings (SSSR count). The van der Waals surface area contributed by atoms with Crippen molar-refractivity contribution in [2.75, 3.05) is 7.11 Å².